The Kier molecular flexibility index (Phi) is 3.21. The van der Waals surface area contributed by atoms with Gasteiger partial charge in [0, 0.05) is 0 Å². The van der Waals surface area contributed by atoms with Crippen LogP contribution in [0.2, 0.25) is 0 Å². The van der Waals surface area contributed by atoms with Crippen LogP contribution in [0.25, 0.3) is 6.08 Å². The Bertz CT molecular complexity index is 462. The summed E-state index contributed by atoms with van der Waals surface area (Å²) in [5.74, 6) is -0.248. The molecule has 0 bridgehead atoms. The highest BCUT2D eigenvalue weighted by Crippen LogP contribution is 2.16. The first-order valence-electron chi connectivity index (χ1n) is 4.37. The molecule has 0 N–H and O–H groups in total. The van der Waals surface area contributed by atoms with E-state index in [2.05, 4.69) is 0 Å². The van der Waals surface area contributed by atoms with E-state index >= 15 is 0 Å². The smallest absolute Gasteiger partial charge is 0.130 e. The minimum atomic E-state index is -0.248. The van der Waals surface area contributed by atoms with E-state index < -0.39 is 0 Å². The zero-order valence-electron chi connectivity index (χ0n) is 8.50. The third-order valence-electron chi connectivity index (χ3n) is 2.01. The van der Waals surface area contributed by atoms with Gasteiger partial charge in [-0.1, -0.05) is 0 Å². The van der Waals surface area contributed by atoms with Crippen LogP contribution in [0.4, 0.5) is 4.39 Å². The van der Waals surface area contributed by atoms with E-state index in [1.54, 1.807) is 38.1 Å². The van der Waals surface area contributed by atoms with Gasteiger partial charge in [0.15, 0.2) is 0 Å². The van der Waals surface area contributed by atoms with E-state index in [0.717, 1.165) is 0 Å². The molecule has 0 fully saturated rings. The molecule has 0 saturated heterocycles. The fourth-order valence-corrected chi connectivity index (χ4v) is 1.32. The van der Waals surface area contributed by atoms with Gasteiger partial charge < -0.3 is 0 Å². The van der Waals surface area contributed by atoms with Crippen LogP contribution in [0.1, 0.15) is 16.7 Å². The molecule has 0 aromatic heterocycles. The van der Waals surface area contributed by atoms with Gasteiger partial charge in [-0.3, -0.25) is 0 Å². The van der Waals surface area contributed by atoms with E-state index in [1.807, 2.05) is 0 Å². The number of hydrogen-bond donors (Lipinski definition) is 0. The van der Waals surface area contributed by atoms with E-state index in [-0.39, 0.29) is 11.4 Å². The van der Waals surface area contributed by atoms with Crippen molar-refractivity contribution in [2.45, 2.75) is 13.8 Å². The number of rotatable bonds is 1. The van der Waals surface area contributed by atoms with Crippen molar-refractivity contribution in [2.75, 3.05) is 0 Å². The summed E-state index contributed by atoms with van der Waals surface area (Å²) in [5.41, 5.74) is 1.71. The quantitative estimate of drug-likeness (QED) is 0.654. The minimum Gasteiger partial charge on any atom is -0.206 e. The molecule has 0 amide bonds. The molecule has 0 heterocycles. The van der Waals surface area contributed by atoms with E-state index in [0.29, 0.717) is 16.7 Å². The molecule has 0 aliphatic carbocycles. The summed E-state index contributed by atoms with van der Waals surface area (Å²) in [6.07, 6.45) is 1.44. The predicted octanol–water partition coefficient (Wildman–Crippen LogP) is 2.87. The van der Waals surface area contributed by atoms with Crippen molar-refractivity contribution < 1.29 is 4.39 Å². The van der Waals surface area contributed by atoms with Crippen LogP contribution < -0.4 is 0 Å². The average Bonchev–Trinajstić information content (AvgIpc) is 2.22. The summed E-state index contributed by atoms with van der Waals surface area (Å²) in [7, 11) is 0. The SMILES string of the molecule is Cc1cc(C=C(C#N)C#N)cc(C)c1F. The molecule has 15 heavy (non-hydrogen) atoms. The molecule has 0 spiro atoms. The van der Waals surface area contributed by atoms with Crippen LogP contribution in [0.5, 0.6) is 0 Å². The monoisotopic (exact) mass is 200 g/mol. The lowest BCUT2D eigenvalue weighted by Crippen LogP contribution is -1.89. The maximum atomic E-state index is 13.3. The number of allylic oxidation sites excluding steroid dienone is 1. The Morgan fingerprint density at radius 3 is 2.07 bits per heavy atom. The van der Waals surface area contributed by atoms with E-state index in [9.17, 15) is 4.39 Å². The highest BCUT2D eigenvalue weighted by Gasteiger charge is 2.03. The van der Waals surface area contributed by atoms with Gasteiger partial charge in [-0.15, -0.1) is 0 Å². The summed E-state index contributed by atoms with van der Waals surface area (Å²) in [4.78, 5) is 0. The molecule has 0 radical (unpaired) electrons. The largest absolute Gasteiger partial charge is 0.206 e. The summed E-state index contributed by atoms with van der Waals surface area (Å²) in [6, 6.07) is 6.74. The summed E-state index contributed by atoms with van der Waals surface area (Å²) < 4.78 is 13.3. The maximum Gasteiger partial charge on any atom is 0.130 e. The number of aryl methyl sites for hydroxylation is 2. The molecule has 3 heteroatoms. The molecular formula is C12H9FN2. The lowest BCUT2D eigenvalue weighted by atomic mass is 10.0. The highest BCUT2D eigenvalue weighted by molar-refractivity contribution is 5.63. The van der Waals surface area contributed by atoms with Gasteiger partial charge in [0.2, 0.25) is 0 Å². The van der Waals surface area contributed by atoms with Crippen LogP contribution in [0, 0.1) is 42.3 Å². The second-order valence-electron chi connectivity index (χ2n) is 3.25. The van der Waals surface area contributed by atoms with Gasteiger partial charge >= 0.3 is 0 Å². The van der Waals surface area contributed by atoms with Crippen LogP contribution in [-0.2, 0) is 0 Å². The molecule has 0 aliphatic rings. The van der Waals surface area contributed by atoms with Gasteiger partial charge in [0.1, 0.15) is 23.5 Å². The van der Waals surface area contributed by atoms with Crippen LogP contribution in [0.3, 0.4) is 0 Å². The summed E-state index contributed by atoms with van der Waals surface area (Å²) in [5, 5.41) is 17.1. The first kappa shape index (κ1) is 10.9. The zero-order chi connectivity index (χ0) is 11.4. The lowest BCUT2D eigenvalue weighted by Gasteiger charge is -2.02. The fraction of sp³-hybridized carbons (Fsp3) is 0.167. The van der Waals surface area contributed by atoms with Crippen LogP contribution >= 0.6 is 0 Å². The fourth-order valence-electron chi connectivity index (χ4n) is 1.32. The van der Waals surface area contributed by atoms with Gasteiger partial charge in [0.05, 0.1) is 0 Å². The maximum absolute atomic E-state index is 13.3. The normalized spacial score (nSPS) is 8.87. The summed E-state index contributed by atoms with van der Waals surface area (Å²) in [6.45, 7) is 3.30. The molecule has 0 aliphatic heterocycles. The van der Waals surface area contributed by atoms with Crippen molar-refractivity contribution >= 4 is 6.08 Å². The van der Waals surface area contributed by atoms with Crippen molar-refractivity contribution in [3.05, 3.63) is 40.2 Å². The molecular weight excluding hydrogens is 191 g/mol. The van der Waals surface area contributed by atoms with Gasteiger partial charge in [-0.25, -0.2) is 4.39 Å². The average molecular weight is 200 g/mol. The standard InChI is InChI=1S/C12H9FN2/c1-8-3-10(4-9(2)12(8)13)5-11(6-14)7-15/h3-5H,1-2H3. The Morgan fingerprint density at radius 1 is 1.20 bits per heavy atom. The van der Waals surface area contributed by atoms with Gasteiger partial charge in [-0.2, -0.15) is 10.5 Å². The molecule has 0 atom stereocenters. The predicted molar refractivity (Wildman–Crippen MR) is 55.1 cm³/mol. The molecule has 1 aromatic carbocycles. The molecule has 2 nitrogen and oxygen atoms in total. The van der Waals surface area contributed by atoms with Crippen molar-refractivity contribution in [1.29, 1.82) is 10.5 Å². The van der Waals surface area contributed by atoms with Crippen LogP contribution in [0.15, 0.2) is 17.7 Å². The number of halogens is 1. The topological polar surface area (TPSA) is 47.6 Å². The van der Waals surface area contributed by atoms with Gasteiger partial charge in [-0.05, 0) is 48.7 Å². The highest BCUT2D eigenvalue weighted by atomic mass is 19.1. The van der Waals surface area contributed by atoms with E-state index in [4.69, 9.17) is 10.5 Å². The Hall–Kier alpha value is -2.13. The van der Waals surface area contributed by atoms with Gasteiger partial charge in [0.25, 0.3) is 0 Å². The summed E-state index contributed by atoms with van der Waals surface area (Å²) >= 11 is 0. The molecule has 0 saturated carbocycles. The molecule has 1 aromatic rings. The van der Waals surface area contributed by atoms with Crippen LogP contribution in [-0.4, -0.2) is 0 Å². The first-order valence-corrected chi connectivity index (χ1v) is 4.37. The lowest BCUT2D eigenvalue weighted by molar-refractivity contribution is 0.609. The number of nitriles is 2. The number of hydrogen-bond acceptors (Lipinski definition) is 2. The Labute approximate surface area is 87.9 Å². The zero-order valence-corrected chi connectivity index (χ0v) is 8.50. The third-order valence-corrected chi connectivity index (χ3v) is 2.01. The Morgan fingerprint density at radius 2 is 1.67 bits per heavy atom. The van der Waals surface area contributed by atoms with Crippen molar-refractivity contribution in [3.8, 4) is 12.1 Å². The first-order chi connectivity index (χ1) is 7.08. The van der Waals surface area contributed by atoms with Crippen molar-refractivity contribution in [1.82, 2.24) is 0 Å². The van der Waals surface area contributed by atoms with E-state index in [1.165, 1.54) is 6.08 Å². The number of nitrogens with zero attached hydrogens (tertiary/aromatic N) is 2. The van der Waals surface area contributed by atoms with Crippen molar-refractivity contribution in [2.24, 2.45) is 0 Å². The molecule has 0 unspecified atom stereocenters. The second kappa shape index (κ2) is 4.39. The minimum absolute atomic E-state index is 0.0143. The van der Waals surface area contributed by atoms with Crippen molar-refractivity contribution in [3.63, 3.8) is 0 Å². The number of benzene rings is 1. The third kappa shape index (κ3) is 2.42. The second-order valence-corrected chi connectivity index (χ2v) is 3.25. The molecule has 1 rings (SSSR count). The Balaban J connectivity index is 3.26. The molecule has 74 valence electrons.